The van der Waals surface area contributed by atoms with Crippen LogP contribution < -0.4 is 20.6 Å². The van der Waals surface area contributed by atoms with Crippen molar-refractivity contribution in [1.82, 2.24) is 30.7 Å². The van der Waals surface area contributed by atoms with Crippen LogP contribution >= 0.6 is 0 Å². The van der Waals surface area contributed by atoms with Gasteiger partial charge in [0.2, 0.25) is 11.6 Å². The molecule has 12 nitrogen and oxygen atoms in total. The minimum absolute atomic E-state index is 0.00603. The molecule has 0 saturated carbocycles. The first-order valence-corrected chi connectivity index (χ1v) is 10.2. The monoisotopic (exact) mass is 462 g/mol. The Kier molecular flexibility index (Phi) is 6.48. The number of amides is 1. The summed E-state index contributed by atoms with van der Waals surface area (Å²) in [5, 5.41) is 19.4. The molecule has 0 bridgehead atoms. The molecule has 2 heterocycles. The van der Waals surface area contributed by atoms with Crippen LogP contribution in [0.25, 0.3) is 17.1 Å². The van der Waals surface area contributed by atoms with Gasteiger partial charge in [0.1, 0.15) is 17.2 Å². The highest BCUT2D eigenvalue weighted by molar-refractivity contribution is 5.99. The predicted molar refractivity (Wildman–Crippen MR) is 123 cm³/mol. The van der Waals surface area contributed by atoms with E-state index in [9.17, 15) is 4.79 Å². The van der Waals surface area contributed by atoms with Crippen LogP contribution in [0, 0.1) is 0 Å². The van der Waals surface area contributed by atoms with Crippen molar-refractivity contribution in [1.29, 1.82) is 0 Å². The molecule has 0 radical (unpaired) electrons. The number of nitrogens with two attached hydrogens (primary N) is 1. The van der Waals surface area contributed by atoms with Crippen molar-refractivity contribution in [2.24, 2.45) is 5.10 Å². The van der Waals surface area contributed by atoms with Crippen molar-refractivity contribution in [3.63, 3.8) is 0 Å². The highest BCUT2D eigenvalue weighted by Crippen LogP contribution is 2.29. The van der Waals surface area contributed by atoms with Gasteiger partial charge in [0.25, 0.3) is 5.91 Å². The third-order valence-electron chi connectivity index (χ3n) is 4.56. The topological polar surface area (TPSA) is 156 Å². The fourth-order valence-corrected chi connectivity index (χ4v) is 3.07. The summed E-state index contributed by atoms with van der Waals surface area (Å²) in [6.07, 6.45) is 1.58. The smallest absolute Gasteiger partial charge is 0.294 e. The summed E-state index contributed by atoms with van der Waals surface area (Å²) in [7, 11) is 1.54. The van der Waals surface area contributed by atoms with Crippen molar-refractivity contribution in [2.75, 3.05) is 12.8 Å². The molecule has 0 atom stereocenters. The Morgan fingerprint density at radius 2 is 1.97 bits per heavy atom. The fourth-order valence-electron chi connectivity index (χ4n) is 3.07. The van der Waals surface area contributed by atoms with E-state index < -0.39 is 5.91 Å². The van der Waals surface area contributed by atoms with E-state index in [0.29, 0.717) is 17.0 Å². The number of hydrogen-bond donors (Lipinski definition) is 2. The van der Waals surface area contributed by atoms with Gasteiger partial charge in [-0.25, -0.2) is 10.1 Å². The molecule has 34 heavy (non-hydrogen) atoms. The van der Waals surface area contributed by atoms with E-state index in [1.165, 1.54) is 18.0 Å². The minimum atomic E-state index is -0.588. The number of nitrogen functional groups attached to an aromatic ring is 1. The van der Waals surface area contributed by atoms with Gasteiger partial charge in [0, 0.05) is 5.56 Å². The Labute approximate surface area is 194 Å². The van der Waals surface area contributed by atoms with Gasteiger partial charge in [0.05, 0.1) is 19.4 Å². The largest absolute Gasteiger partial charge is 0.497 e. The number of ether oxygens (including phenoxy) is 2. The summed E-state index contributed by atoms with van der Waals surface area (Å²) in [5.41, 5.74) is 9.96. The summed E-state index contributed by atoms with van der Waals surface area (Å²) in [6.45, 7) is 3.91. The van der Waals surface area contributed by atoms with Crippen molar-refractivity contribution in [3.05, 3.63) is 59.8 Å². The van der Waals surface area contributed by atoms with Crippen molar-refractivity contribution in [2.45, 2.75) is 20.0 Å². The Balaban J connectivity index is 1.61. The van der Waals surface area contributed by atoms with E-state index in [-0.39, 0.29) is 23.4 Å². The van der Waals surface area contributed by atoms with Gasteiger partial charge >= 0.3 is 0 Å². The molecular weight excluding hydrogens is 440 g/mol. The van der Waals surface area contributed by atoms with E-state index >= 15 is 0 Å². The lowest BCUT2D eigenvalue weighted by Gasteiger charge is -2.09. The SMILES string of the molecule is COc1cccc(-c2c(C(=O)N/N=C/c3ccc(OC(C)C)cc3)nnn2-c2nonc2N)c1. The summed E-state index contributed by atoms with van der Waals surface area (Å²) in [4.78, 5) is 12.9. The number of nitrogens with zero attached hydrogens (tertiary/aromatic N) is 6. The number of carbonyl (C=O) groups excluding carboxylic acids is 1. The summed E-state index contributed by atoms with van der Waals surface area (Å²) >= 11 is 0. The quantitative estimate of drug-likeness (QED) is 0.296. The number of carbonyl (C=O) groups is 1. The summed E-state index contributed by atoms with van der Waals surface area (Å²) < 4.78 is 16.9. The van der Waals surface area contributed by atoms with E-state index in [2.05, 4.69) is 35.8 Å². The van der Waals surface area contributed by atoms with Gasteiger partial charge in [0.15, 0.2) is 5.69 Å². The second-order valence-electron chi connectivity index (χ2n) is 7.34. The molecule has 4 rings (SSSR count). The molecule has 0 aliphatic rings. The van der Waals surface area contributed by atoms with Crippen molar-refractivity contribution < 1.29 is 18.9 Å². The van der Waals surface area contributed by atoms with Gasteiger partial charge in [-0.1, -0.05) is 17.3 Å². The second kappa shape index (κ2) is 9.81. The first-order chi connectivity index (χ1) is 16.5. The maximum Gasteiger partial charge on any atom is 0.294 e. The number of aromatic nitrogens is 5. The molecule has 0 aliphatic heterocycles. The van der Waals surface area contributed by atoms with Crippen LogP contribution in [0.4, 0.5) is 5.82 Å². The molecular formula is C22H22N8O4. The number of rotatable bonds is 8. The fraction of sp³-hybridized carbons (Fsp3) is 0.182. The lowest BCUT2D eigenvalue weighted by molar-refractivity contribution is 0.0950. The van der Waals surface area contributed by atoms with Gasteiger partial charge in [-0.3, -0.25) is 4.79 Å². The van der Waals surface area contributed by atoms with Crippen LogP contribution in [0.2, 0.25) is 0 Å². The second-order valence-corrected chi connectivity index (χ2v) is 7.34. The number of methoxy groups -OCH3 is 1. The minimum Gasteiger partial charge on any atom is -0.497 e. The number of anilines is 1. The highest BCUT2D eigenvalue weighted by atomic mass is 16.6. The Bertz CT molecular complexity index is 1310. The third-order valence-corrected chi connectivity index (χ3v) is 4.56. The Morgan fingerprint density at radius 1 is 1.18 bits per heavy atom. The molecule has 1 amide bonds. The molecule has 3 N–H and O–H groups in total. The number of nitrogens with one attached hydrogen (secondary N) is 1. The van der Waals surface area contributed by atoms with Gasteiger partial charge in [-0.15, -0.1) is 5.10 Å². The maximum absolute atomic E-state index is 12.9. The first-order valence-electron chi connectivity index (χ1n) is 10.2. The zero-order valence-corrected chi connectivity index (χ0v) is 18.7. The standard InChI is InChI=1S/C22H22N8O4/c1-13(2)33-16-9-7-14(8-10-16)12-24-26-22(31)18-19(15-5-4-6-17(11-15)32-3)30(29-25-18)21-20(23)27-34-28-21/h4-13H,1-3H3,(H2,23,27)(H,26,31)/b24-12+. The zero-order valence-electron chi connectivity index (χ0n) is 18.7. The molecule has 4 aromatic rings. The maximum atomic E-state index is 12.9. The van der Waals surface area contributed by atoms with E-state index in [4.69, 9.17) is 15.2 Å². The summed E-state index contributed by atoms with van der Waals surface area (Å²) in [5.74, 6) is 0.818. The third kappa shape index (κ3) is 4.85. The van der Waals surface area contributed by atoms with Crippen LogP contribution in [-0.2, 0) is 0 Å². The number of hydrazone groups is 1. The molecule has 0 unspecified atom stereocenters. The average molecular weight is 462 g/mol. The lowest BCUT2D eigenvalue weighted by Crippen LogP contribution is -2.19. The molecule has 0 aliphatic carbocycles. The Hall–Kier alpha value is -4.74. The van der Waals surface area contributed by atoms with Gasteiger partial charge < -0.3 is 15.2 Å². The number of hydrogen-bond acceptors (Lipinski definition) is 10. The van der Waals surface area contributed by atoms with Crippen LogP contribution in [-0.4, -0.2) is 50.6 Å². The average Bonchev–Trinajstić information content (AvgIpc) is 3.45. The van der Waals surface area contributed by atoms with Crippen LogP contribution in [0.3, 0.4) is 0 Å². The van der Waals surface area contributed by atoms with E-state index in [1.54, 1.807) is 24.3 Å². The van der Waals surface area contributed by atoms with Crippen molar-refractivity contribution >= 4 is 17.9 Å². The molecule has 0 saturated heterocycles. The normalized spacial score (nSPS) is 11.2. The molecule has 12 heteroatoms. The molecule has 2 aromatic carbocycles. The van der Waals surface area contributed by atoms with Gasteiger partial charge in [-0.05, 0) is 66.1 Å². The highest BCUT2D eigenvalue weighted by Gasteiger charge is 2.25. The molecule has 2 aromatic heterocycles. The molecule has 0 fully saturated rings. The van der Waals surface area contributed by atoms with Crippen LogP contribution in [0.5, 0.6) is 11.5 Å². The van der Waals surface area contributed by atoms with Crippen molar-refractivity contribution in [3.8, 4) is 28.6 Å². The van der Waals surface area contributed by atoms with E-state index in [0.717, 1.165) is 11.3 Å². The zero-order chi connectivity index (χ0) is 24.1. The predicted octanol–water partition coefficient (Wildman–Crippen LogP) is 2.46. The number of benzene rings is 2. The van der Waals surface area contributed by atoms with Crippen LogP contribution in [0.15, 0.2) is 58.3 Å². The lowest BCUT2D eigenvalue weighted by atomic mass is 10.1. The van der Waals surface area contributed by atoms with Crippen LogP contribution in [0.1, 0.15) is 29.9 Å². The first kappa shape index (κ1) is 22.5. The molecule has 174 valence electrons. The van der Waals surface area contributed by atoms with Gasteiger partial charge in [-0.2, -0.15) is 9.78 Å². The van der Waals surface area contributed by atoms with E-state index in [1.807, 2.05) is 38.1 Å². The molecule has 0 spiro atoms. The summed E-state index contributed by atoms with van der Waals surface area (Å²) in [6, 6.07) is 14.3. The Morgan fingerprint density at radius 3 is 2.65 bits per heavy atom.